The van der Waals surface area contributed by atoms with Crippen molar-refractivity contribution in [2.24, 2.45) is 0 Å². The molecule has 22 heavy (non-hydrogen) atoms. The molecule has 0 saturated heterocycles. The van der Waals surface area contributed by atoms with Crippen molar-refractivity contribution < 1.29 is 4.79 Å². The molecule has 2 rings (SSSR count). The Hall–Kier alpha value is -2.50. The van der Waals surface area contributed by atoms with Crippen LogP contribution in [0.4, 0.5) is 5.82 Å². The SMILES string of the molecule is CCCCc1cc(=O)n(CC(=O)Nc2ncccc2C)cn1. The molecule has 2 aromatic heterocycles. The molecular weight excluding hydrogens is 280 g/mol. The maximum absolute atomic E-state index is 12.0. The van der Waals surface area contributed by atoms with Crippen LogP contribution in [0.2, 0.25) is 0 Å². The van der Waals surface area contributed by atoms with Crippen LogP contribution >= 0.6 is 0 Å². The van der Waals surface area contributed by atoms with E-state index in [0.29, 0.717) is 5.82 Å². The summed E-state index contributed by atoms with van der Waals surface area (Å²) in [7, 11) is 0. The van der Waals surface area contributed by atoms with Crippen LogP contribution < -0.4 is 10.9 Å². The minimum atomic E-state index is -0.299. The van der Waals surface area contributed by atoms with Crippen molar-refractivity contribution in [1.29, 1.82) is 0 Å². The fraction of sp³-hybridized carbons (Fsp3) is 0.375. The number of unbranched alkanes of at least 4 members (excludes halogenated alkanes) is 1. The summed E-state index contributed by atoms with van der Waals surface area (Å²) in [6.07, 6.45) is 5.87. The lowest BCUT2D eigenvalue weighted by molar-refractivity contribution is -0.116. The van der Waals surface area contributed by atoms with Crippen LogP contribution in [0.1, 0.15) is 31.0 Å². The zero-order valence-corrected chi connectivity index (χ0v) is 12.9. The summed E-state index contributed by atoms with van der Waals surface area (Å²) < 4.78 is 1.29. The third kappa shape index (κ3) is 4.25. The summed E-state index contributed by atoms with van der Waals surface area (Å²) in [6.45, 7) is 3.87. The van der Waals surface area contributed by atoms with E-state index in [2.05, 4.69) is 22.2 Å². The molecule has 116 valence electrons. The standard InChI is InChI=1S/C16H20N4O2/c1-3-4-7-13-9-15(22)20(11-18-13)10-14(21)19-16-12(2)6-5-8-17-16/h5-6,8-9,11H,3-4,7,10H2,1-2H3,(H,17,19,21). The molecule has 0 spiro atoms. The van der Waals surface area contributed by atoms with Gasteiger partial charge in [-0.3, -0.25) is 14.2 Å². The largest absolute Gasteiger partial charge is 0.309 e. The Labute approximate surface area is 129 Å². The molecule has 0 saturated carbocycles. The van der Waals surface area contributed by atoms with E-state index in [1.807, 2.05) is 13.0 Å². The molecule has 1 amide bonds. The number of hydrogen-bond donors (Lipinski definition) is 1. The number of aromatic nitrogens is 3. The first-order chi connectivity index (χ1) is 10.6. The maximum Gasteiger partial charge on any atom is 0.253 e. The number of anilines is 1. The molecule has 0 unspecified atom stereocenters. The minimum absolute atomic E-state index is 0.0735. The molecule has 0 bridgehead atoms. The summed E-state index contributed by atoms with van der Waals surface area (Å²) in [4.78, 5) is 32.3. The van der Waals surface area contributed by atoms with Crippen LogP contribution in [-0.2, 0) is 17.8 Å². The predicted molar refractivity (Wildman–Crippen MR) is 84.7 cm³/mol. The number of carbonyl (C=O) groups is 1. The Balaban J connectivity index is 2.03. The van der Waals surface area contributed by atoms with Gasteiger partial charge in [-0.1, -0.05) is 19.4 Å². The molecular formula is C16H20N4O2. The normalized spacial score (nSPS) is 10.5. The highest BCUT2D eigenvalue weighted by atomic mass is 16.2. The van der Waals surface area contributed by atoms with E-state index in [1.165, 1.54) is 17.0 Å². The van der Waals surface area contributed by atoms with Crippen molar-refractivity contribution in [3.8, 4) is 0 Å². The van der Waals surface area contributed by atoms with Crippen molar-refractivity contribution >= 4 is 11.7 Å². The molecule has 6 nitrogen and oxygen atoms in total. The average Bonchev–Trinajstić information content (AvgIpc) is 2.50. The van der Waals surface area contributed by atoms with Crippen LogP contribution in [0.3, 0.4) is 0 Å². The van der Waals surface area contributed by atoms with Gasteiger partial charge >= 0.3 is 0 Å². The highest BCUT2D eigenvalue weighted by molar-refractivity contribution is 5.90. The number of hydrogen-bond acceptors (Lipinski definition) is 4. The average molecular weight is 300 g/mol. The van der Waals surface area contributed by atoms with Gasteiger partial charge in [-0.15, -0.1) is 0 Å². The maximum atomic E-state index is 12.0. The number of nitrogens with zero attached hydrogens (tertiary/aromatic N) is 3. The fourth-order valence-electron chi connectivity index (χ4n) is 2.02. The lowest BCUT2D eigenvalue weighted by Crippen LogP contribution is -2.28. The van der Waals surface area contributed by atoms with Gasteiger partial charge in [0, 0.05) is 18.0 Å². The molecule has 2 heterocycles. The van der Waals surface area contributed by atoms with Gasteiger partial charge in [-0.25, -0.2) is 9.97 Å². The first-order valence-electron chi connectivity index (χ1n) is 7.37. The Kier molecular flexibility index (Phi) is 5.41. The van der Waals surface area contributed by atoms with Crippen LogP contribution in [-0.4, -0.2) is 20.4 Å². The summed E-state index contributed by atoms with van der Waals surface area (Å²) in [6, 6.07) is 5.16. The van der Waals surface area contributed by atoms with Crippen molar-refractivity contribution in [3.05, 3.63) is 52.3 Å². The summed E-state index contributed by atoms with van der Waals surface area (Å²) >= 11 is 0. The monoisotopic (exact) mass is 300 g/mol. The van der Waals surface area contributed by atoms with E-state index >= 15 is 0 Å². The van der Waals surface area contributed by atoms with E-state index in [0.717, 1.165) is 30.5 Å². The fourth-order valence-corrected chi connectivity index (χ4v) is 2.02. The molecule has 0 atom stereocenters. The molecule has 6 heteroatoms. The van der Waals surface area contributed by atoms with Gasteiger partial charge in [0.1, 0.15) is 12.4 Å². The summed E-state index contributed by atoms with van der Waals surface area (Å²) in [5.74, 6) is 0.208. The first-order valence-corrected chi connectivity index (χ1v) is 7.37. The van der Waals surface area contributed by atoms with Crippen LogP contribution in [0.15, 0.2) is 35.5 Å². The number of aryl methyl sites for hydroxylation is 2. The molecule has 2 aromatic rings. The van der Waals surface area contributed by atoms with E-state index in [4.69, 9.17) is 0 Å². The molecule has 0 aliphatic heterocycles. The second-order valence-electron chi connectivity index (χ2n) is 5.17. The Morgan fingerprint density at radius 3 is 2.86 bits per heavy atom. The van der Waals surface area contributed by atoms with Gasteiger partial charge in [0.25, 0.3) is 5.56 Å². The van der Waals surface area contributed by atoms with Gasteiger partial charge in [0.2, 0.25) is 5.91 Å². The van der Waals surface area contributed by atoms with Gasteiger partial charge in [0.05, 0.1) is 6.33 Å². The predicted octanol–water partition coefficient (Wildman–Crippen LogP) is 1.93. The topological polar surface area (TPSA) is 76.9 Å². The number of amides is 1. The van der Waals surface area contributed by atoms with E-state index < -0.39 is 0 Å². The molecule has 1 N–H and O–H groups in total. The van der Waals surface area contributed by atoms with Gasteiger partial charge in [0.15, 0.2) is 0 Å². The highest BCUT2D eigenvalue weighted by Crippen LogP contribution is 2.08. The minimum Gasteiger partial charge on any atom is -0.309 e. The second kappa shape index (κ2) is 7.49. The second-order valence-corrected chi connectivity index (χ2v) is 5.17. The summed E-state index contributed by atoms with van der Waals surface area (Å²) in [5, 5.41) is 2.70. The van der Waals surface area contributed by atoms with Gasteiger partial charge in [-0.05, 0) is 31.4 Å². The first kappa shape index (κ1) is 15.9. The molecule has 0 radical (unpaired) electrons. The number of nitrogens with one attached hydrogen (secondary N) is 1. The van der Waals surface area contributed by atoms with Crippen LogP contribution in [0, 0.1) is 6.92 Å². The molecule has 0 fully saturated rings. The zero-order valence-electron chi connectivity index (χ0n) is 12.9. The quantitative estimate of drug-likeness (QED) is 0.884. The molecule has 0 aliphatic carbocycles. The third-order valence-corrected chi connectivity index (χ3v) is 3.30. The van der Waals surface area contributed by atoms with Crippen molar-refractivity contribution in [3.63, 3.8) is 0 Å². The van der Waals surface area contributed by atoms with Crippen molar-refractivity contribution in [2.75, 3.05) is 5.32 Å². The van der Waals surface area contributed by atoms with E-state index in [9.17, 15) is 9.59 Å². The van der Waals surface area contributed by atoms with Gasteiger partial charge in [-0.2, -0.15) is 0 Å². The number of carbonyl (C=O) groups excluding carboxylic acids is 1. The van der Waals surface area contributed by atoms with Crippen molar-refractivity contribution in [2.45, 2.75) is 39.7 Å². The van der Waals surface area contributed by atoms with Crippen LogP contribution in [0.5, 0.6) is 0 Å². The van der Waals surface area contributed by atoms with Crippen LogP contribution in [0.25, 0.3) is 0 Å². The van der Waals surface area contributed by atoms with E-state index in [-0.39, 0.29) is 18.0 Å². The number of pyridine rings is 1. The van der Waals surface area contributed by atoms with Gasteiger partial charge < -0.3 is 5.32 Å². The number of rotatable bonds is 6. The summed E-state index contributed by atoms with van der Waals surface area (Å²) in [5.41, 5.74) is 1.43. The molecule has 0 aromatic carbocycles. The van der Waals surface area contributed by atoms with Crippen molar-refractivity contribution in [1.82, 2.24) is 14.5 Å². The zero-order chi connectivity index (χ0) is 15.9. The lowest BCUT2D eigenvalue weighted by atomic mass is 10.2. The highest BCUT2D eigenvalue weighted by Gasteiger charge is 2.08. The Morgan fingerprint density at radius 2 is 2.18 bits per heavy atom. The Morgan fingerprint density at radius 1 is 1.36 bits per heavy atom. The smallest absolute Gasteiger partial charge is 0.253 e. The molecule has 0 aliphatic rings. The Bertz CT molecular complexity index is 709. The third-order valence-electron chi connectivity index (χ3n) is 3.30. The lowest BCUT2D eigenvalue weighted by Gasteiger charge is -2.08. The van der Waals surface area contributed by atoms with E-state index in [1.54, 1.807) is 12.3 Å².